The van der Waals surface area contributed by atoms with Crippen LogP contribution < -0.4 is 11.1 Å². The number of carbonyl (C=O) groups excluding carboxylic acids is 1. The fourth-order valence-corrected chi connectivity index (χ4v) is 2.73. The highest BCUT2D eigenvalue weighted by Crippen LogP contribution is 2.18. The predicted molar refractivity (Wildman–Crippen MR) is 96.6 cm³/mol. The van der Waals surface area contributed by atoms with Crippen LogP contribution in [0.4, 0.5) is 0 Å². The Hall–Kier alpha value is -1.11. The van der Waals surface area contributed by atoms with Crippen LogP contribution in [0.5, 0.6) is 0 Å². The molecule has 132 valence electrons. The number of hydrogen-bond acceptors (Lipinski definition) is 4. The molecule has 0 aliphatic carbocycles. The Balaban J connectivity index is 0.00000484. The van der Waals surface area contributed by atoms with E-state index in [-0.39, 0.29) is 36.5 Å². The quantitative estimate of drug-likeness (QED) is 0.777. The van der Waals surface area contributed by atoms with Gasteiger partial charge in [-0.1, -0.05) is 38.1 Å². The second kappa shape index (κ2) is 9.25. The number of carbonyl (C=O) groups is 1. The highest BCUT2D eigenvalue weighted by atomic mass is 35.5. The molecular weight excluding hydrogens is 336 g/mol. The van der Waals surface area contributed by atoms with Crippen molar-refractivity contribution in [1.82, 2.24) is 5.32 Å². The monoisotopic (exact) mass is 362 g/mol. The maximum atomic E-state index is 12.0. The molecule has 1 aromatic carbocycles. The number of nitrogens with one attached hydrogen (secondary N) is 1. The molecule has 7 heteroatoms. The molecule has 0 fully saturated rings. The molecule has 3 N–H and O–H groups in total. The predicted octanol–water partition coefficient (Wildman–Crippen LogP) is 2.17. The third kappa shape index (κ3) is 7.81. The number of rotatable bonds is 7. The molecule has 1 rings (SSSR count). The van der Waals surface area contributed by atoms with E-state index in [1.165, 1.54) is 5.56 Å². The molecular formula is C16H27ClN2O3S. The zero-order valence-corrected chi connectivity index (χ0v) is 15.7. The van der Waals surface area contributed by atoms with E-state index in [0.29, 0.717) is 5.92 Å². The Labute approximate surface area is 145 Å². The van der Waals surface area contributed by atoms with Crippen LogP contribution in [0.1, 0.15) is 50.3 Å². The van der Waals surface area contributed by atoms with Crippen molar-refractivity contribution in [1.29, 1.82) is 0 Å². The SMILES string of the molecule is CC(C)c1ccc(C(C)NC(=O)C(N)CCS(C)(=O)=O)cc1.Cl. The average molecular weight is 363 g/mol. The van der Waals surface area contributed by atoms with Gasteiger partial charge in [0.05, 0.1) is 17.8 Å². The molecule has 23 heavy (non-hydrogen) atoms. The fourth-order valence-electron chi connectivity index (χ4n) is 2.05. The first kappa shape index (κ1) is 21.9. The van der Waals surface area contributed by atoms with Crippen molar-refractivity contribution >= 4 is 28.2 Å². The van der Waals surface area contributed by atoms with E-state index in [2.05, 4.69) is 19.2 Å². The van der Waals surface area contributed by atoms with E-state index in [0.717, 1.165) is 11.8 Å². The number of hydrogen-bond donors (Lipinski definition) is 2. The first-order valence-corrected chi connectivity index (χ1v) is 9.49. The van der Waals surface area contributed by atoms with Gasteiger partial charge in [-0.15, -0.1) is 12.4 Å². The van der Waals surface area contributed by atoms with Crippen LogP contribution in [0.2, 0.25) is 0 Å². The summed E-state index contributed by atoms with van der Waals surface area (Å²) in [5.41, 5.74) is 7.97. The number of nitrogens with two attached hydrogens (primary N) is 1. The molecule has 0 aliphatic heterocycles. The van der Waals surface area contributed by atoms with E-state index in [1.54, 1.807) is 0 Å². The number of sulfone groups is 1. The highest BCUT2D eigenvalue weighted by Gasteiger charge is 2.18. The summed E-state index contributed by atoms with van der Waals surface area (Å²) < 4.78 is 22.2. The molecule has 0 saturated heterocycles. The minimum Gasteiger partial charge on any atom is -0.348 e. The summed E-state index contributed by atoms with van der Waals surface area (Å²) in [5.74, 6) is 0.0476. The third-order valence-electron chi connectivity index (χ3n) is 3.60. The van der Waals surface area contributed by atoms with Gasteiger partial charge in [-0.2, -0.15) is 0 Å². The summed E-state index contributed by atoms with van der Waals surface area (Å²) in [6, 6.07) is 7.09. The molecule has 5 nitrogen and oxygen atoms in total. The third-order valence-corrected chi connectivity index (χ3v) is 4.58. The van der Waals surface area contributed by atoms with Crippen molar-refractivity contribution in [3.05, 3.63) is 35.4 Å². The van der Waals surface area contributed by atoms with E-state index < -0.39 is 15.9 Å². The largest absolute Gasteiger partial charge is 0.348 e. The molecule has 0 spiro atoms. The van der Waals surface area contributed by atoms with E-state index in [9.17, 15) is 13.2 Å². The molecule has 0 heterocycles. The molecule has 0 aliphatic rings. The molecule has 1 amide bonds. The number of benzene rings is 1. The zero-order valence-electron chi connectivity index (χ0n) is 14.1. The van der Waals surface area contributed by atoms with Gasteiger partial charge in [0.1, 0.15) is 9.84 Å². The Morgan fingerprint density at radius 1 is 1.13 bits per heavy atom. The van der Waals surface area contributed by atoms with Crippen molar-refractivity contribution in [2.75, 3.05) is 12.0 Å². The van der Waals surface area contributed by atoms with Crippen LogP contribution in [-0.2, 0) is 14.6 Å². The maximum Gasteiger partial charge on any atom is 0.237 e. The Bertz CT molecular complexity index is 600. The molecule has 1 aromatic rings. The minimum atomic E-state index is -3.11. The van der Waals surface area contributed by atoms with Crippen LogP contribution in [-0.4, -0.2) is 32.4 Å². The van der Waals surface area contributed by atoms with Gasteiger partial charge >= 0.3 is 0 Å². The van der Waals surface area contributed by atoms with Gasteiger partial charge in [0.15, 0.2) is 0 Å². The van der Waals surface area contributed by atoms with Crippen LogP contribution in [0.3, 0.4) is 0 Å². The molecule has 0 aromatic heterocycles. The summed E-state index contributed by atoms with van der Waals surface area (Å²) >= 11 is 0. The minimum absolute atomic E-state index is 0. The van der Waals surface area contributed by atoms with Crippen LogP contribution in [0, 0.1) is 0 Å². The Kier molecular flexibility index (Phi) is 8.80. The van der Waals surface area contributed by atoms with Gasteiger partial charge in [0.2, 0.25) is 5.91 Å². The van der Waals surface area contributed by atoms with Crippen molar-refractivity contribution in [3.8, 4) is 0 Å². The van der Waals surface area contributed by atoms with E-state index in [4.69, 9.17) is 5.73 Å². The van der Waals surface area contributed by atoms with E-state index >= 15 is 0 Å². The van der Waals surface area contributed by atoms with Gasteiger partial charge in [-0.25, -0.2) is 8.42 Å². The standard InChI is InChI=1S/C16H26N2O3S.ClH/c1-11(2)13-5-7-14(8-6-13)12(3)18-16(19)15(17)9-10-22(4,20)21;/h5-8,11-12,15H,9-10,17H2,1-4H3,(H,18,19);1H. The second-order valence-electron chi connectivity index (χ2n) is 6.08. The Morgan fingerprint density at radius 3 is 2.04 bits per heavy atom. The molecule has 2 atom stereocenters. The van der Waals surface area contributed by atoms with Crippen LogP contribution in [0.15, 0.2) is 24.3 Å². The van der Waals surface area contributed by atoms with Gasteiger partial charge in [0.25, 0.3) is 0 Å². The van der Waals surface area contributed by atoms with E-state index in [1.807, 2.05) is 31.2 Å². The lowest BCUT2D eigenvalue weighted by Gasteiger charge is -2.18. The lowest BCUT2D eigenvalue weighted by Crippen LogP contribution is -2.42. The van der Waals surface area contributed by atoms with Gasteiger partial charge in [0, 0.05) is 6.26 Å². The first-order chi connectivity index (χ1) is 10.1. The van der Waals surface area contributed by atoms with Crippen LogP contribution in [0.25, 0.3) is 0 Å². The summed E-state index contributed by atoms with van der Waals surface area (Å²) in [5, 5.41) is 2.82. The van der Waals surface area contributed by atoms with Crippen molar-refractivity contribution in [2.24, 2.45) is 5.73 Å². The normalized spacial score (nSPS) is 14.0. The summed E-state index contributed by atoms with van der Waals surface area (Å²) in [4.78, 5) is 12.0. The summed E-state index contributed by atoms with van der Waals surface area (Å²) in [6.45, 7) is 6.13. The lowest BCUT2D eigenvalue weighted by molar-refractivity contribution is -0.123. The first-order valence-electron chi connectivity index (χ1n) is 7.43. The molecule has 2 unspecified atom stereocenters. The lowest BCUT2D eigenvalue weighted by atomic mass is 9.99. The summed E-state index contributed by atoms with van der Waals surface area (Å²) in [6.07, 6.45) is 1.26. The second-order valence-corrected chi connectivity index (χ2v) is 8.34. The zero-order chi connectivity index (χ0) is 16.9. The maximum absolute atomic E-state index is 12.0. The fraction of sp³-hybridized carbons (Fsp3) is 0.562. The highest BCUT2D eigenvalue weighted by molar-refractivity contribution is 7.90. The topological polar surface area (TPSA) is 89.3 Å². The average Bonchev–Trinajstić information content (AvgIpc) is 2.43. The van der Waals surface area contributed by atoms with Crippen LogP contribution >= 0.6 is 12.4 Å². The Morgan fingerprint density at radius 2 is 1.61 bits per heavy atom. The molecule has 0 saturated carbocycles. The smallest absolute Gasteiger partial charge is 0.237 e. The summed E-state index contributed by atoms with van der Waals surface area (Å²) in [7, 11) is -3.11. The number of amides is 1. The molecule has 0 bridgehead atoms. The van der Waals surface area contributed by atoms with Gasteiger partial charge in [-0.05, 0) is 30.4 Å². The van der Waals surface area contributed by atoms with Crippen molar-refractivity contribution in [2.45, 2.75) is 45.2 Å². The number of halogens is 1. The van der Waals surface area contributed by atoms with Gasteiger partial charge < -0.3 is 11.1 Å². The molecule has 0 radical (unpaired) electrons. The van der Waals surface area contributed by atoms with Crippen molar-refractivity contribution in [3.63, 3.8) is 0 Å². The van der Waals surface area contributed by atoms with Gasteiger partial charge in [-0.3, -0.25) is 4.79 Å². The van der Waals surface area contributed by atoms with Crippen molar-refractivity contribution < 1.29 is 13.2 Å².